The van der Waals surface area contributed by atoms with Gasteiger partial charge in [0.2, 0.25) is 5.91 Å². The zero-order valence-electron chi connectivity index (χ0n) is 17.9. The van der Waals surface area contributed by atoms with Gasteiger partial charge in [0, 0.05) is 29.3 Å². The lowest BCUT2D eigenvalue weighted by atomic mass is 9.75. The van der Waals surface area contributed by atoms with Gasteiger partial charge in [-0.3, -0.25) is 9.59 Å². The van der Waals surface area contributed by atoms with E-state index < -0.39 is 5.60 Å². The highest BCUT2D eigenvalue weighted by atomic mass is 16.3. The Kier molecular flexibility index (Phi) is 5.18. The zero-order chi connectivity index (χ0) is 21.5. The van der Waals surface area contributed by atoms with Crippen LogP contribution >= 0.6 is 0 Å². The van der Waals surface area contributed by atoms with Crippen molar-refractivity contribution in [2.24, 2.45) is 0 Å². The van der Waals surface area contributed by atoms with Gasteiger partial charge in [0.1, 0.15) is 0 Å². The second kappa shape index (κ2) is 7.55. The van der Waals surface area contributed by atoms with Crippen LogP contribution in [-0.4, -0.2) is 22.0 Å². The summed E-state index contributed by atoms with van der Waals surface area (Å²) in [5.74, 6) is 0.0507. The van der Waals surface area contributed by atoms with Crippen LogP contribution in [-0.2, 0) is 15.8 Å². The van der Waals surface area contributed by atoms with Crippen LogP contribution in [0.1, 0.15) is 75.3 Å². The molecular weight excluding hydrogens is 376 g/mol. The van der Waals surface area contributed by atoms with Crippen molar-refractivity contribution in [1.82, 2.24) is 10.3 Å². The topological polar surface area (TPSA) is 82.2 Å². The molecule has 5 heteroatoms. The number of carbonyl (C=O) groups is 1. The highest BCUT2D eigenvalue weighted by Crippen LogP contribution is 2.39. The summed E-state index contributed by atoms with van der Waals surface area (Å²) >= 11 is 0. The Morgan fingerprint density at radius 2 is 1.80 bits per heavy atom. The van der Waals surface area contributed by atoms with Crippen LogP contribution in [0.2, 0.25) is 0 Å². The van der Waals surface area contributed by atoms with Gasteiger partial charge >= 0.3 is 0 Å². The van der Waals surface area contributed by atoms with Crippen LogP contribution in [0.4, 0.5) is 0 Å². The number of pyridine rings is 1. The number of carbonyl (C=O) groups excluding carboxylic acids is 1. The van der Waals surface area contributed by atoms with Gasteiger partial charge in [-0.25, -0.2) is 0 Å². The third kappa shape index (κ3) is 3.99. The van der Waals surface area contributed by atoms with Crippen molar-refractivity contribution < 1.29 is 9.90 Å². The minimum Gasteiger partial charge on any atom is -0.385 e. The van der Waals surface area contributed by atoms with Crippen molar-refractivity contribution in [1.29, 1.82) is 0 Å². The Morgan fingerprint density at radius 1 is 1.10 bits per heavy atom. The van der Waals surface area contributed by atoms with Crippen LogP contribution < -0.4 is 10.9 Å². The normalized spacial score (nSPS) is 21.3. The summed E-state index contributed by atoms with van der Waals surface area (Å²) in [5.41, 5.74) is 3.03. The molecule has 1 amide bonds. The molecule has 1 aliphatic carbocycles. The van der Waals surface area contributed by atoms with E-state index in [9.17, 15) is 14.7 Å². The van der Waals surface area contributed by atoms with Crippen molar-refractivity contribution in [3.63, 3.8) is 0 Å². The third-order valence-electron chi connectivity index (χ3n) is 6.34. The van der Waals surface area contributed by atoms with Crippen molar-refractivity contribution in [2.45, 2.75) is 69.9 Å². The molecule has 30 heavy (non-hydrogen) atoms. The third-order valence-corrected chi connectivity index (χ3v) is 6.34. The van der Waals surface area contributed by atoms with Gasteiger partial charge in [-0.2, -0.15) is 0 Å². The quantitative estimate of drug-likeness (QED) is 0.723. The number of amides is 1. The maximum absolute atomic E-state index is 12.8. The van der Waals surface area contributed by atoms with Crippen molar-refractivity contribution in [2.75, 3.05) is 0 Å². The summed E-state index contributed by atoms with van der Waals surface area (Å²) in [6.07, 6.45) is 5.47. The van der Waals surface area contributed by atoms with E-state index in [0.29, 0.717) is 30.5 Å². The summed E-state index contributed by atoms with van der Waals surface area (Å²) in [6.45, 7) is 6.52. The smallest absolute Gasteiger partial charge is 0.254 e. The largest absolute Gasteiger partial charge is 0.385 e. The lowest BCUT2D eigenvalue weighted by Gasteiger charge is -2.36. The first-order chi connectivity index (χ1) is 14.2. The summed E-state index contributed by atoms with van der Waals surface area (Å²) in [4.78, 5) is 27.4. The average Bonchev–Trinajstić information content (AvgIpc) is 3.08. The van der Waals surface area contributed by atoms with Crippen LogP contribution in [0, 0.1) is 0 Å². The lowest BCUT2D eigenvalue weighted by Crippen LogP contribution is -2.39. The number of aromatic amines is 1. The van der Waals surface area contributed by atoms with Gasteiger partial charge in [0.25, 0.3) is 5.56 Å². The van der Waals surface area contributed by atoms with Crippen molar-refractivity contribution in [3.05, 3.63) is 75.2 Å². The summed E-state index contributed by atoms with van der Waals surface area (Å²) < 4.78 is 0. The molecule has 1 saturated heterocycles. The van der Waals surface area contributed by atoms with Crippen LogP contribution in [0.25, 0.3) is 5.57 Å². The monoisotopic (exact) mass is 406 g/mol. The number of aromatic nitrogens is 1. The second-order valence-corrected chi connectivity index (χ2v) is 9.62. The molecule has 2 fully saturated rings. The highest BCUT2D eigenvalue weighted by Gasteiger charge is 2.38. The number of aliphatic hydroxyl groups is 1. The predicted molar refractivity (Wildman–Crippen MR) is 118 cm³/mol. The second-order valence-electron chi connectivity index (χ2n) is 9.62. The van der Waals surface area contributed by atoms with Crippen LogP contribution in [0.3, 0.4) is 0 Å². The van der Waals surface area contributed by atoms with E-state index in [4.69, 9.17) is 0 Å². The van der Waals surface area contributed by atoms with Crippen LogP contribution in [0.5, 0.6) is 0 Å². The maximum atomic E-state index is 12.8. The molecular formula is C25H30N2O3. The van der Waals surface area contributed by atoms with Gasteiger partial charge in [-0.15, -0.1) is 0 Å². The number of nitrogens with one attached hydrogen (secondary N) is 2. The van der Waals surface area contributed by atoms with E-state index >= 15 is 0 Å². The molecule has 1 atom stereocenters. The van der Waals surface area contributed by atoms with Crippen molar-refractivity contribution in [3.8, 4) is 0 Å². The molecule has 1 saturated carbocycles. The van der Waals surface area contributed by atoms with E-state index in [1.165, 1.54) is 5.56 Å². The minimum atomic E-state index is -0.996. The molecule has 2 aromatic rings. The molecule has 1 aliphatic heterocycles. The number of rotatable bonds is 4. The lowest BCUT2D eigenvalue weighted by molar-refractivity contribution is -0.119. The summed E-state index contributed by atoms with van der Waals surface area (Å²) in [5, 5.41) is 13.6. The van der Waals surface area contributed by atoms with Gasteiger partial charge in [-0.05, 0) is 54.4 Å². The Balaban J connectivity index is 1.74. The van der Waals surface area contributed by atoms with Gasteiger partial charge in [0.05, 0.1) is 5.60 Å². The Labute approximate surface area is 177 Å². The molecule has 0 unspecified atom stereocenters. The van der Waals surface area contributed by atoms with E-state index in [1.54, 1.807) is 6.07 Å². The standard InChI is InChI=1S/C25H30N2O3/c1-24(2,3)17-7-5-16(6-8-17)19(15-18-9-12-22(28)26-18)21-11-10-20(23(29)27-21)25(30)13-4-14-25/h5-8,10-11,15,18,30H,4,9,12-14H2,1-3H3,(H,26,28)(H,27,29)/b19-15+/t18-/m1/s1. The molecule has 158 valence electrons. The van der Waals surface area contributed by atoms with E-state index in [0.717, 1.165) is 24.0 Å². The number of H-pyrrole nitrogens is 1. The average molecular weight is 407 g/mol. The molecule has 2 heterocycles. The van der Waals surface area contributed by atoms with Gasteiger partial charge in [-0.1, -0.05) is 51.1 Å². The Bertz CT molecular complexity index is 1040. The van der Waals surface area contributed by atoms with Gasteiger partial charge < -0.3 is 15.4 Å². The molecule has 0 spiro atoms. The maximum Gasteiger partial charge on any atom is 0.254 e. The summed E-state index contributed by atoms with van der Waals surface area (Å²) in [7, 11) is 0. The van der Waals surface area contributed by atoms with Crippen LogP contribution in [0.15, 0.2) is 47.3 Å². The molecule has 0 bridgehead atoms. The Morgan fingerprint density at radius 3 is 2.30 bits per heavy atom. The fraction of sp³-hybridized carbons (Fsp3) is 0.440. The van der Waals surface area contributed by atoms with E-state index in [-0.39, 0.29) is 22.9 Å². The molecule has 1 aromatic heterocycles. The highest BCUT2D eigenvalue weighted by molar-refractivity contribution is 5.82. The molecule has 0 radical (unpaired) electrons. The SMILES string of the molecule is CC(C)(C)c1ccc(/C(=C\[C@H]2CCC(=O)N2)c2ccc(C3(O)CCC3)c(=O)[nH]2)cc1. The minimum absolute atomic E-state index is 0.0507. The van der Waals surface area contributed by atoms with E-state index in [1.807, 2.05) is 12.1 Å². The summed E-state index contributed by atoms with van der Waals surface area (Å²) in [6, 6.07) is 11.9. The first-order valence-corrected chi connectivity index (χ1v) is 10.7. The number of benzene rings is 1. The first kappa shape index (κ1) is 20.6. The molecule has 3 N–H and O–H groups in total. The van der Waals surface area contributed by atoms with Crippen molar-refractivity contribution >= 4 is 11.5 Å². The molecule has 2 aliphatic rings. The molecule has 1 aromatic carbocycles. The predicted octanol–water partition coefficient (Wildman–Crippen LogP) is 3.75. The molecule has 4 rings (SSSR count). The van der Waals surface area contributed by atoms with Gasteiger partial charge in [0.15, 0.2) is 0 Å². The number of hydrogen-bond acceptors (Lipinski definition) is 3. The number of hydrogen-bond donors (Lipinski definition) is 3. The first-order valence-electron chi connectivity index (χ1n) is 10.7. The van der Waals surface area contributed by atoms with E-state index in [2.05, 4.69) is 55.3 Å². The zero-order valence-corrected chi connectivity index (χ0v) is 17.9. The molecule has 5 nitrogen and oxygen atoms in total. The fourth-order valence-electron chi connectivity index (χ4n) is 4.23. The Hall–Kier alpha value is -2.66. The fourth-order valence-corrected chi connectivity index (χ4v) is 4.23.